The van der Waals surface area contributed by atoms with E-state index in [4.69, 9.17) is 5.84 Å². The maximum Gasteiger partial charge on any atom is 0.0559 e. The van der Waals surface area contributed by atoms with E-state index < -0.39 is 0 Å². The summed E-state index contributed by atoms with van der Waals surface area (Å²) in [6.07, 6.45) is 0. The molecule has 0 bridgehead atoms. The molecule has 1 aromatic heterocycles. The third-order valence-electron chi connectivity index (χ3n) is 3.28. The summed E-state index contributed by atoms with van der Waals surface area (Å²) in [5.74, 6) is 5.74. The number of nitrogens with two attached hydrogens (primary N) is 1. The van der Waals surface area contributed by atoms with E-state index in [9.17, 15) is 0 Å². The van der Waals surface area contributed by atoms with Crippen molar-refractivity contribution in [3.8, 4) is 0 Å². The van der Waals surface area contributed by atoms with Crippen LogP contribution in [-0.4, -0.2) is 0 Å². The highest BCUT2D eigenvalue weighted by molar-refractivity contribution is 7.07. The van der Waals surface area contributed by atoms with Gasteiger partial charge in [0.15, 0.2) is 0 Å². The van der Waals surface area contributed by atoms with Crippen molar-refractivity contribution in [3.05, 3.63) is 58.3 Å². The van der Waals surface area contributed by atoms with E-state index in [1.807, 2.05) is 6.07 Å². The Kier molecular flexibility index (Phi) is 3.62. The molecule has 0 spiro atoms. The Balaban J connectivity index is 2.37. The van der Waals surface area contributed by atoms with Gasteiger partial charge in [-0.3, -0.25) is 11.3 Å². The standard InChI is InChI=1S/C14H18N2S/c1-14(2,12-6-4-3-5-7-12)13(16-15)11-8-9-17-10-11/h3-10,13,16H,15H2,1-2H3. The van der Waals surface area contributed by atoms with Crippen LogP contribution in [-0.2, 0) is 5.41 Å². The minimum atomic E-state index is -0.0446. The zero-order chi connectivity index (χ0) is 12.3. The van der Waals surface area contributed by atoms with Gasteiger partial charge in [0.2, 0.25) is 0 Å². The molecule has 0 fully saturated rings. The van der Waals surface area contributed by atoms with Crippen molar-refractivity contribution in [1.29, 1.82) is 0 Å². The van der Waals surface area contributed by atoms with Gasteiger partial charge < -0.3 is 0 Å². The van der Waals surface area contributed by atoms with Gasteiger partial charge in [-0.1, -0.05) is 44.2 Å². The second-order valence-corrected chi connectivity index (χ2v) is 5.52. The minimum Gasteiger partial charge on any atom is -0.271 e. The number of hydrazine groups is 1. The second-order valence-electron chi connectivity index (χ2n) is 4.74. The summed E-state index contributed by atoms with van der Waals surface area (Å²) in [5, 5.41) is 4.23. The molecule has 3 heteroatoms. The zero-order valence-corrected chi connectivity index (χ0v) is 11.0. The number of benzene rings is 1. The first-order valence-corrected chi connectivity index (χ1v) is 6.64. The molecule has 17 heavy (non-hydrogen) atoms. The van der Waals surface area contributed by atoms with E-state index in [-0.39, 0.29) is 11.5 Å². The van der Waals surface area contributed by atoms with Crippen molar-refractivity contribution in [3.63, 3.8) is 0 Å². The fraction of sp³-hybridized carbons (Fsp3) is 0.286. The Labute approximate surface area is 106 Å². The second kappa shape index (κ2) is 5.00. The van der Waals surface area contributed by atoms with Gasteiger partial charge in [-0.05, 0) is 28.0 Å². The van der Waals surface area contributed by atoms with E-state index in [0.717, 1.165) is 0 Å². The zero-order valence-electron chi connectivity index (χ0n) is 10.2. The number of rotatable bonds is 4. The van der Waals surface area contributed by atoms with E-state index in [1.54, 1.807) is 11.3 Å². The molecule has 1 atom stereocenters. The van der Waals surface area contributed by atoms with Crippen LogP contribution in [0.4, 0.5) is 0 Å². The van der Waals surface area contributed by atoms with Gasteiger partial charge in [-0.25, -0.2) is 0 Å². The molecule has 1 unspecified atom stereocenters. The molecule has 0 amide bonds. The highest BCUT2D eigenvalue weighted by Crippen LogP contribution is 2.36. The molecule has 90 valence electrons. The average Bonchev–Trinajstić information content (AvgIpc) is 2.84. The Morgan fingerprint density at radius 3 is 2.41 bits per heavy atom. The smallest absolute Gasteiger partial charge is 0.0559 e. The number of hydrogen-bond donors (Lipinski definition) is 2. The predicted octanol–water partition coefficient (Wildman–Crippen LogP) is 3.23. The molecule has 0 saturated carbocycles. The fourth-order valence-electron chi connectivity index (χ4n) is 2.19. The topological polar surface area (TPSA) is 38.0 Å². The highest BCUT2D eigenvalue weighted by Gasteiger charge is 2.31. The molecule has 3 N–H and O–H groups in total. The normalized spacial score (nSPS) is 13.6. The number of hydrogen-bond acceptors (Lipinski definition) is 3. The molecule has 0 aliphatic rings. The summed E-state index contributed by atoms with van der Waals surface area (Å²) in [6.45, 7) is 4.43. The van der Waals surface area contributed by atoms with Gasteiger partial charge in [0.05, 0.1) is 6.04 Å². The molecule has 0 aliphatic heterocycles. The molecule has 2 aromatic rings. The van der Waals surface area contributed by atoms with Crippen molar-refractivity contribution in [2.45, 2.75) is 25.3 Å². The minimum absolute atomic E-state index is 0.0446. The van der Waals surface area contributed by atoms with Crippen LogP contribution in [0, 0.1) is 0 Å². The van der Waals surface area contributed by atoms with Crippen LogP contribution in [0.1, 0.15) is 31.0 Å². The Morgan fingerprint density at radius 1 is 1.18 bits per heavy atom. The molecule has 2 rings (SSSR count). The van der Waals surface area contributed by atoms with E-state index in [1.165, 1.54) is 11.1 Å². The van der Waals surface area contributed by atoms with Crippen molar-refractivity contribution < 1.29 is 0 Å². The van der Waals surface area contributed by atoms with Crippen LogP contribution in [0.15, 0.2) is 47.2 Å². The first-order valence-electron chi connectivity index (χ1n) is 5.70. The summed E-state index contributed by atoms with van der Waals surface area (Å²) in [4.78, 5) is 0. The van der Waals surface area contributed by atoms with Crippen molar-refractivity contribution in [2.75, 3.05) is 0 Å². The molecule has 2 nitrogen and oxygen atoms in total. The number of thiophene rings is 1. The maximum atomic E-state index is 5.74. The van der Waals surface area contributed by atoms with Gasteiger partial charge in [-0.15, -0.1) is 0 Å². The van der Waals surface area contributed by atoms with Crippen LogP contribution in [0.5, 0.6) is 0 Å². The first kappa shape index (κ1) is 12.3. The predicted molar refractivity (Wildman–Crippen MR) is 73.9 cm³/mol. The van der Waals surface area contributed by atoms with Crippen molar-refractivity contribution >= 4 is 11.3 Å². The monoisotopic (exact) mass is 246 g/mol. The van der Waals surface area contributed by atoms with Crippen LogP contribution >= 0.6 is 11.3 Å². The lowest BCUT2D eigenvalue weighted by molar-refractivity contribution is 0.353. The van der Waals surface area contributed by atoms with E-state index in [0.29, 0.717) is 0 Å². The van der Waals surface area contributed by atoms with Gasteiger partial charge >= 0.3 is 0 Å². The molecule has 0 radical (unpaired) electrons. The molecular weight excluding hydrogens is 228 g/mol. The van der Waals surface area contributed by atoms with Crippen LogP contribution in [0.2, 0.25) is 0 Å². The summed E-state index contributed by atoms with van der Waals surface area (Å²) in [6, 6.07) is 12.7. The molecule has 1 aromatic carbocycles. The molecule has 0 aliphatic carbocycles. The summed E-state index contributed by atoms with van der Waals surface area (Å²) in [7, 11) is 0. The highest BCUT2D eigenvalue weighted by atomic mass is 32.1. The van der Waals surface area contributed by atoms with Crippen LogP contribution in [0.25, 0.3) is 0 Å². The van der Waals surface area contributed by atoms with E-state index >= 15 is 0 Å². The SMILES string of the molecule is CC(C)(c1ccccc1)C(NN)c1ccsc1. The van der Waals surface area contributed by atoms with Gasteiger partial charge in [0.25, 0.3) is 0 Å². The van der Waals surface area contributed by atoms with Crippen LogP contribution in [0.3, 0.4) is 0 Å². The lowest BCUT2D eigenvalue weighted by Gasteiger charge is -2.34. The number of nitrogens with one attached hydrogen (secondary N) is 1. The maximum absolute atomic E-state index is 5.74. The third-order valence-corrected chi connectivity index (χ3v) is 3.98. The Bertz CT molecular complexity index is 448. The Morgan fingerprint density at radius 2 is 1.88 bits per heavy atom. The quantitative estimate of drug-likeness (QED) is 0.642. The molecule has 0 saturated heterocycles. The van der Waals surface area contributed by atoms with E-state index in [2.05, 4.69) is 60.4 Å². The first-order chi connectivity index (χ1) is 8.16. The molecule has 1 heterocycles. The fourth-order valence-corrected chi connectivity index (χ4v) is 2.88. The van der Waals surface area contributed by atoms with Gasteiger partial charge in [0, 0.05) is 5.41 Å². The average molecular weight is 246 g/mol. The largest absolute Gasteiger partial charge is 0.271 e. The van der Waals surface area contributed by atoms with Gasteiger partial charge in [0.1, 0.15) is 0 Å². The lowest BCUT2D eigenvalue weighted by atomic mass is 9.76. The summed E-state index contributed by atoms with van der Waals surface area (Å²) >= 11 is 1.70. The summed E-state index contributed by atoms with van der Waals surface area (Å²) in [5.41, 5.74) is 5.43. The van der Waals surface area contributed by atoms with Crippen molar-refractivity contribution in [1.82, 2.24) is 5.43 Å². The summed E-state index contributed by atoms with van der Waals surface area (Å²) < 4.78 is 0. The van der Waals surface area contributed by atoms with Gasteiger partial charge in [-0.2, -0.15) is 11.3 Å². The molecular formula is C14H18N2S. The Hall–Kier alpha value is -1.16. The van der Waals surface area contributed by atoms with Crippen molar-refractivity contribution in [2.24, 2.45) is 5.84 Å². The lowest BCUT2D eigenvalue weighted by Crippen LogP contribution is -2.40. The van der Waals surface area contributed by atoms with Crippen LogP contribution < -0.4 is 11.3 Å². The third kappa shape index (κ3) is 2.41.